The van der Waals surface area contributed by atoms with Crippen LogP contribution in [0.1, 0.15) is 27.4 Å². The molecule has 0 unspecified atom stereocenters. The van der Waals surface area contributed by atoms with Gasteiger partial charge in [0.05, 0.1) is 18.2 Å². The standard InChI is InChI=1S/C14H12FN3O2/c1-8-11(15)4-9(6-16)5-12(8)18-14(19)13-3-2-10(7-17)20-13/h2-5H,7,17H2,1H3,(H,18,19). The van der Waals surface area contributed by atoms with E-state index < -0.39 is 11.7 Å². The summed E-state index contributed by atoms with van der Waals surface area (Å²) >= 11 is 0. The summed E-state index contributed by atoms with van der Waals surface area (Å²) in [5.41, 5.74) is 6.00. The third kappa shape index (κ3) is 2.68. The van der Waals surface area contributed by atoms with E-state index in [0.717, 1.165) is 6.07 Å². The molecule has 3 N–H and O–H groups in total. The van der Waals surface area contributed by atoms with Crippen LogP contribution in [0.15, 0.2) is 28.7 Å². The van der Waals surface area contributed by atoms with Crippen molar-refractivity contribution in [3.05, 3.63) is 52.7 Å². The van der Waals surface area contributed by atoms with E-state index in [1.54, 1.807) is 6.07 Å². The second-order valence-electron chi connectivity index (χ2n) is 4.17. The van der Waals surface area contributed by atoms with Crippen molar-refractivity contribution in [3.63, 3.8) is 0 Å². The SMILES string of the molecule is Cc1c(F)cc(C#N)cc1NC(=O)c1ccc(CN)o1. The van der Waals surface area contributed by atoms with E-state index in [-0.39, 0.29) is 29.1 Å². The van der Waals surface area contributed by atoms with Gasteiger partial charge in [-0.1, -0.05) is 0 Å². The van der Waals surface area contributed by atoms with Crippen LogP contribution < -0.4 is 11.1 Å². The van der Waals surface area contributed by atoms with Crippen molar-refractivity contribution in [2.24, 2.45) is 5.73 Å². The molecular formula is C14H12FN3O2. The van der Waals surface area contributed by atoms with Gasteiger partial charge in [-0.05, 0) is 31.2 Å². The molecule has 0 radical (unpaired) electrons. The summed E-state index contributed by atoms with van der Waals surface area (Å²) in [6.07, 6.45) is 0. The van der Waals surface area contributed by atoms with Gasteiger partial charge >= 0.3 is 0 Å². The first-order valence-corrected chi connectivity index (χ1v) is 5.85. The molecule has 0 spiro atoms. The number of nitrogens with one attached hydrogen (secondary N) is 1. The van der Waals surface area contributed by atoms with E-state index in [0.29, 0.717) is 5.76 Å². The first kappa shape index (κ1) is 13.8. The van der Waals surface area contributed by atoms with E-state index in [1.807, 2.05) is 6.07 Å². The van der Waals surface area contributed by atoms with Crippen LogP contribution >= 0.6 is 0 Å². The van der Waals surface area contributed by atoms with Crippen molar-refractivity contribution in [1.82, 2.24) is 0 Å². The van der Waals surface area contributed by atoms with Gasteiger partial charge in [-0.15, -0.1) is 0 Å². The number of nitriles is 1. The van der Waals surface area contributed by atoms with Crippen LogP contribution in [0, 0.1) is 24.1 Å². The fourth-order valence-corrected chi connectivity index (χ4v) is 1.67. The van der Waals surface area contributed by atoms with Crippen LogP contribution in [-0.2, 0) is 6.54 Å². The van der Waals surface area contributed by atoms with Crippen molar-refractivity contribution < 1.29 is 13.6 Å². The lowest BCUT2D eigenvalue weighted by Crippen LogP contribution is -2.12. The molecule has 1 aromatic heterocycles. The van der Waals surface area contributed by atoms with E-state index in [4.69, 9.17) is 15.4 Å². The first-order valence-electron chi connectivity index (χ1n) is 5.85. The molecule has 0 atom stereocenters. The molecule has 6 heteroatoms. The quantitative estimate of drug-likeness (QED) is 0.897. The van der Waals surface area contributed by atoms with E-state index >= 15 is 0 Å². The third-order valence-corrected chi connectivity index (χ3v) is 2.81. The van der Waals surface area contributed by atoms with Crippen LogP contribution in [0.5, 0.6) is 0 Å². The lowest BCUT2D eigenvalue weighted by Gasteiger charge is -2.08. The largest absolute Gasteiger partial charge is 0.455 e. The Morgan fingerprint density at radius 3 is 2.85 bits per heavy atom. The predicted octanol–water partition coefficient (Wildman–Crippen LogP) is 2.31. The molecule has 1 amide bonds. The zero-order chi connectivity index (χ0) is 14.7. The molecule has 2 rings (SSSR count). The topological polar surface area (TPSA) is 92.0 Å². The number of carbonyl (C=O) groups excluding carboxylic acids is 1. The van der Waals surface area contributed by atoms with E-state index in [9.17, 15) is 9.18 Å². The average molecular weight is 273 g/mol. The van der Waals surface area contributed by atoms with Crippen LogP contribution in [-0.4, -0.2) is 5.91 Å². The molecular weight excluding hydrogens is 261 g/mol. The van der Waals surface area contributed by atoms with Crippen molar-refractivity contribution >= 4 is 11.6 Å². The van der Waals surface area contributed by atoms with Gasteiger partial charge in [0, 0.05) is 11.3 Å². The van der Waals surface area contributed by atoms with Crippen LogP contribution in [0.25, 0.3) is 0 Å². The summed E-state index contributed by atoms with van der Waals surface area (Å²) in [6.45, 7) is 1.70. The number of benzene rings is 1. The normalized spacial score (nSPS) is 10.1. The number of hydrogen-bond acceptors (Lipinski definition) is 4. The smallest absolute Gasteiger partial charge is 0.291 e. The Labute approximate surface area is 114 Å². The van der Waals surface area contributed by atoms with Crippen LogP contribution in [0.3, 0.4) is 0 Å². The monoisotopic (exact) mass is 273 g/mol. The molecule has 0 aliphatic heterocycles. The fourth-order valence-electron chi connectivity index (χ4n) is 1.67. The Bertz CT molecular complexity index is 701. The molecule has 0 aliphatic carbocycles. The maximum Gasteiger partial charge on any atom is 0.291 e. The fraction of sp³-hybridized carbons (Fsp3) is 0.143. The molecule has 20 heavy (non-hydrogen) atoms. The number of anilines is 1. The molecule has 0 aliphatic rings. The molecule has 0 bridgehead atoms. The zero-order valence-corrected chi connectivity index (χ0v) is 10.7. The highest BCUT2D eigenvalue weighted by Crippen LogP contribution is 2.21. The molecule has 2 aromatic rings. The number of halogens is 1. The number of furan rings is 1. The summed E-state index contributed by atoms with van der Waals surface area (Å²) in [5, 5.41) is 11.3. The third-order valence-electron chi connectivity index (χ3n) is 2.81. The van der Waals surface area contributed by atoms with Crippen molar-refractivity contribution in [1.29, 1.82) is 5.26 Å². The second kappa shape index (κ2) is 5.55. The number of nitrogens with zero attached hydrogens (tertiary/aromatic N) is 1. The molecule has 0 saturated carbocycles. The minimum atomic E-state index is -0.554. The van der Waals surface area contributed by atoms with E-state index in [1.165, 1.54) is 19.1 Å². The van der Waals surface area contributed by atoms with Gasteiger partial charge in [-0.3, -0.25) is 4.79 Å². The first-order chi connectivity index (χ1) is 9.55. The van der Waals surface area contributed by atoms with Crippen LogP contribution in [0.2, 0.25) is 0 Å². The highest BCUT2D eigenvalue weighted by atomic mass is 19.1. The molecule has 5 nitrogen and oxygen atoms in total. The van der Waals surface area contributed by atoms with Gasteiger partial charge in [0.2, 0.25) is 0 Å². The lowest BCUT2D eigenvalue weighted by atomic mass is 10.1. The Morgan fingerprint density at radius 1 is 1.50 bits per heavy atom. The van der Waals surface area contributed by atoms with Gasteiger partial charge in [0.25, 0.3) is 5.91 Å². The second-order valence-corrected chi connectivity index (χ2v) is 4.17. The lowest BCUT2D eigenvalue weighted by molar-refractivity contribution is 0.0995. The highest BCUT2D eigenvalue weighted by Gasteiger charge is 2.14. The minimum absolute atomic E-state index is 0.0765. The molecule has 0 saturated heterocycles. The summed E-state index contributed by atoms with van der Waals surface area (Å²) in [4.78, 5) is 12.0. The highest BCUT2D eigenvalue weighted by molar-refractivity contribution is 6.02. The molecule has 1 aromatic carbocycles. The number of nitrogens with two attached hydrogens (primary N) is 1. The average Bonchev–Trinajstić information content (AvgIpc) is 2.92. The maximum absolute atomic E-state index is 13.6. The van der Waals surface area contributed by atoms with E-state index in [2.05, 4.69) is 5.32 Å². The number of rotatable bonds is 3. The zero-order valence-electron chi connectivity index (χ0n) is 10.7. The Hall–Kier alpha value is -2.65. The van der Waals surface area contributed by atoms with Gasteiger partial charge in [-0.25, -0.2) is 4.39 Å². The summed E-state index contributed by atoms with van der Waals surface area (Å²) < 4.78 is 18.8. The predicted molar refractivity (Wildman–Crippen MR) is 70.4 cm³/mol. The molecule has 102 valence electrons. The van der Waals surface area contributed by atoms with Crippen molar-refractivity contribution in [2.75, 3.05) is 5.32 Å². The molecule has 0 fully saturated rings. The Morgan fingerprint density at radius 2 is 2.25 bits per heavy atom. The van der Waals surface area contributed by atoms with Crippen molar-refractivity contribution in [2.45, 2.75) is 13.5 Å². The summed E-state index contributed by atoms with van der Waals surface area (Å²) in [7, 11) is 0. The summed E-state index contributed by atoms with van der Waals surface area (Å²) in [5.74, 6) is -0.528. The van der Waals surface area contributed by atoms with Gasteiger partial charge in [-0.2, -0.15) is 5.26 Å². The minimum Gasteiger partial charge on any atom is -0.455 e. The molecule has 1 heterocycles. The number of hydrogen-bond donors (Lipinski definition) is 2. The number of carbonyl (C=O) groups is 1. The van der Waals surface area contributed by atoms with Crippen molar-refractivity contribution in [3.8, 4) is 6.07 Å². The van der Waals surface area contributed by atoms with Crippen LogP contribution in [0.4, 0.5) is 10.1 Å². The van der Waals surface area contributed by atoms with Gasteiger partial charge in [0.1, 0.15) is 11.6 Å². The maximum atomic E-state index is 13.6. The Kier molecular flexibility index (Phi) is 3.82. The summed E-state index contributed by atoms with van der Waals surface area (Å²) in [6, 6.07) is 7.43. The number of amides is 1. The van der Waals surface area contributed by atoms with Gasteiger partial charge < -0.3 is 15.5 Å². The Balaban J connectivity index is 2.28. The van der Waals surface area contributed by atoms with Gasteiger partial charge in [0.15, 0.2) is 5.76 Å².